The van der Waals surface area contributed by atoms with Crippen molar-refractivity contribution in [2.75, 3.05) is 44.2 Å². The first kappa shape index (κ1) is 36.0. The number of piperidine rings is 1. The average Bonchev–Trinajstić information content (AvgIpc) is 3.51. The van der Waals surface area contributed by atoms with Crippen LogP contribution in [0.1, 0.15) is 78.1 Å². The molecule has 7 rings (SSSR count). The maximum atomic E-state index is 13.1. The zero-order valence-electron chi connectivity index (χ0n) is 30.4. The third-order valence-electron chi connectivity index (χ3n) is 10.7. The number of rotatable bonds is 13. The summed E-state index contributed by atoms with van der Waals surface area (Å²) in [4.78, 5) is 43.6. The molecule has 0 aliphatic carbocycles. The molecule has 1 unspecified atom stereocenters. The summed E-state index contributed by atoms with van der Waals surface area (Å²) in [6, 6.07) is 31.7. The highest BCUT2D eigenvalue weighted by atomic mass is 16.5. The summed E-state index contributed by atoms with van der Waals surface area (Å²) in [6.45, 7) is 8.17. The fourth-order valence-corrected chi connectivity index (χ4v) is 7.82. The number of piperazine rings is 1. The lowest BCUT2D eigenvalue weighted by atomic mass is 9.88. The summed E-state index contributed by atoms with van der Waals surface area (Å²) in [7, 11) is 0. The number of carbonyl (C=O) groups excluding carboxylic acids is 3. The van der Waals surface area contributed by atoms with Crippen molar-refractivity contribution < 1.29 is 24.2 Å². The first-order valence-corrected chi connectivity index (χ1v) is 18.9. The van der Waals surface area contributed by atoms with Crippen LogP contribution in [0.15, 0.2) is 97.1 Å². The Balaban J connectivity index is 0.852. The molecule has 2 saturated heterocycles. The van der Waals surface area contributed by atoms with E-state index < -0.39 is 6.04 Å². The molecule has 9 heteroatoms. The van der Waals surface area contributed by atoms with Gasteiger partial charge in [-0.15, -0.1) is 0 Å². The molecule has 4 aromatic rings. The molecule has 0 aromatic heterocycles. The fourth-order valence-electron chi connectivity index (χ4n) is 7.82. The van der Waals surface area contributed by atoms with E-state index in [9.17, 15) is 19.5 Å². The summed E-state index contributed by atoms with van der Waals surface area (Å²) in [5.74, 6) is 0.340. The summed E-state index contributed by atoms with van der Waals surface area (Å²) in [5.41, 5.74) is 8.51. The Labute approximate surface area is 311 Å². The van der Waals surface area contributed by atoms with Crippen LogP contribution in [0, 0.1) is 0 Å². The number of allylic oxidation sites excluding steroid dienone is 1. The Hall–Kier alpha value is -5.41. The standard InChI is InChI=1S/C44H48N4O5/c1-2-38(31-9-5-3-6-10-31)42(32-11-16-36(49)17-12-32)33-13-18-37(19-14-33)53-28-8-4-7-23-46-24-26-47(27-25-46)35-15-20-39-34(29-35)30-48(44(39)52)40-21-22-41(50)45-43(40)51/h3,5-6,9-20,29,40,49H,2,4,7-8,21-28,30H2,1H3,(H,45,50,51)/b42-38-. The van der Waals surface area contributed by atoms with Gasteiger partial charge in [-0.25, -0.2) is 0 Å². The highest BCUT2D eigenvalue weighted by Gasteiger charge is 2.39. The minimum atomic E-state index is -0.591. The largest absolute Gasteiger partial charge is 0.508 e. The Bertz CT molecular complexity index is 1950. The lowest BCUT2D eigenvalue weighted by Gasteiger charge is -2.36. The summed E-state index contributed by atoms with van der Waals surface area (Å²) in [6.07, 6.45) is 4.73. The number of benzene rings is 4. The van der Waals surface area contributed by atoms with E-state index in [1.165, 1.54) is 11.1 Å². The molecule has 3 aliphatic heterocycles. The van der Waals surface area contributed by atoms with E-state index in [4.69, 9.17) is 4.74 Å². The first-order valence-electron chi connectivity index (χ1n) is 18.9. The molecular weight excluding hydrogens is 665 g/mol. The Morgan fingerprint density at radius 3 is 2.23 bits per heavy atom. The summed E-state index contributed by atoms with van der Waals surface area (Å²) in [5, 5.41) is 12.3. The quantitative estimate of drug-likeness (QED) is 0.0885. The van der Waals surface area contributed by atoms with Crippen LogP contribution in [0.4, 0.5) is 5.69 Å². The molecule has 274 valence electrons. The number of unbranched alkanes of at least 4 members (excludes halogenated alkanes) is 2. The second-order valence-corrected chi connectivity index (χ2v) is 14.1. The molecular formula is C44H48N4O5. The van der Waals surface area contributed by atoms with Crippen LogP contribution in [-0.4, -0.2) is 78.0 Å². The van der Waals surface area contributed by atoms with Crippen molar-refractivity contribution in [2.45, 2.75) is 58.0 Å². The number of hydrogen-bond acceptors (Lipinski definition) is 7. The van der Waals surface area contributed by atoms with E-state index in [0.29, 0.717) is 25.1 Å². The van der Waals surface area contributed by atoms with Gasteiger partial charge in [-0.05, 0) is 115 Å². The van der Waals surface area contributed by atoms with E-state index in [1.54, 1.807) is 17.0 Å². The van der Waals surface area contributed by atoms with Gasteiger partial charge in [0, 0.05) is 50.4 Å². The summed E-state index contributed by atoms with van der Waals surface area (Å²) < 4.78 is 6.15. The molecule has 53 heavy (non-hydrogen) atoms. The minimum Gasteiger partial charge on any atom is -0.508 e. The molecule has 3 aliphatic rings. The van der Waals surface area contributed by atoms with Crippen molar-refractivity contribution in [2.24, 2.45) is 0 Å². The van der Waals surface area contributed by atoms with Crippen LogP contribution in [0.3, 0.4) is 0 Å². The van der Waals surface area contributed by atoms with Gasteiger partial charge in [-0.3, -0.25) is 24.6 Å². The van der Waals surface area contributed by atoms with E-state index in [0.717, 1.165) is 92.1 Å². The van der Waals surface area contributed by atoms with Gasteiger partial charge >= 0.3 is 0 Å². The smallest absolute Gasteiger partial charge is 0.255 e. The molecule has 0 saturated carbocycles. The number of aromatic hydroxyl groups is 1. The van der Waals surface area contributed by atoms with E-state index >= 15 is 0 Å². The van der Waals surface area contributed by atoms with E-state index in [2.05, 4.69) is 76.6 Å². The molecule has 9 nitrogen and oxygen atoms in total. The predicted molar refractivity (Wildman–Crippen MR) is 208 cm³/mol. The molecule has 0 radical (unpaired) electrons. The SMILES string of the molecule is CC/C(=C(\c1ccc(O)cc1)c1ccc(OCCCCCN2CCN(c3ccc4c(c3)CN(C3CCC(=O)NC3=O)C4=O)CC2)cc1)c1ccccc1. The number of nitrogens with one attached hydrogen (secondary N) is 1. The van der Waals surface area contributed by atoms with Crippen LogP contribution in [0.25, 0.3) is 11.1 Å². The van der Waals surface area contributed by atoms with Crippen molar-refractivity contribution >= 4 is 34.6 Å². The van der Waals surface area contributed by atoms with Gasteiger partial charge in [0.05, 0.1) is 6.61 Å². The minimum absolute atomic E-state index is 0.132. The van der Waals surface area contributed by atoms with Crippen LogP contribution in [0.5, 0.6) is 11.5 Å². The topological polar surface area (TPSA) is 102 Å². The number of nitrogens with zero attached hydrogens (tertiary/aromatic N) is 3. The van der Waals surface area contributed by atoms with Crippen LogP contribution >= 0.6 is 0 Å². The van der Waals surface area contributed by atoms with Gasteiger partial charge in [-0.1, -0.05) is 61.5 Å². The van der Waals surface area contributed by atoms with Crippen LogP contribution < -0.4 is 15.0 Å². The highest BCUT2D eigenvalue weighted by Crippen LogP contribution is 2.36. The van der Waals surface area contributed by atoms with Crippen LogP contribution in [0.2, 0.25) is 0 Å². The number of imide groups is 1. The molecule has 4 aromatic carbocycles. The van der Waals surface area contributed by atoms with Crippen molar-refractivity contribution in [3.05, 3.63) is 125 Å². The molecule has 2 fully saturated rings. The number of phenols is 1. The monoisotopic (exact) mass is 712 g/mol. The molecule has 3 heterocycles. The lowest BCUT2D eigenvalue weighted by Crippen LogP contribution is -2.52. The zero-order valence-corrected chi connectivity index (χ0v) is 30.4. The highest BCUT2D eigenvalue weighted by molar-refractivity contribution is 6.05. The maximum absolute atomic E-state index is 13.1. The number of carbonyl (C=O) groups is 3. The predicted octanol–water partition coefficient (Wildman–Crippen LogP) is 6.89. The number of hydrogen-bond donors (Lipinski definition) is 2. The number of ether oxygens (including phenoxy) is 1. The third kappa shape index (κ3) is 8.31. The third-order valence-corrected chi connectivity index (χ3v) is 10.7. The maximum Gasteiger partial charge on any atom is 0.255 e. The first-order chi connectivity index (χ1) is 25.9. The second-order valence-electron chi connectivity index (χ2n) is 14.1. The van der Waals surface area contributed by atoms with Crippen molar-refractivity contribution in [1.29, 1.82) is 0 Å². The lowest BCUT2D eigenvalue weighted by molar-refractivity contribution is -0.136. The van der Waals surface area contributed by atoms with Crippen molar-refractivity contribution in [3.8, 4) is 11.5 Å². The van der Waals surface area contributed by atoms with Gasteiger partial charge in [0.2, 0.25) is 11.8 Å². The number of amides is 3. The van der Waals surface area contributed by atoms with Gasteiger partial charge in [-0.2, -0.15) is 0 Å². The van der Waals surface area contributed by atoms with Gasteiger partial charge in [0.25, 0.3) is 5.91 Å². The van der Waals surface area contributed by atoms with Gasteiger partial charge in [0.15, 0.2) is 0 Å². The second kappa shape index (κ2) is 16.5. The van der Waals surface area contributed by atoms with E-state index in [1.807, 2.05) is 30.3 Å². The number of phenolic OH excluding ortho intramolecular Hbond substituents is 1. The zero-order chi connectivity index (χ0) is 36.7. The molecule has 1 atom stereocenters. The van der Waals surface area contributed by atoms with E-state index in [-0.39, 0.29) is 29.9 Å². The van der Waals surface area contributed by atoms with Gasteiger partial charge < -0.3 is 19.6 Å². The number of fused-ring (bicyclic) bond motifs is 1. The average molecular weight is 713 g/mol. The summed E-state index contributed by atoms with van der Waals surface area (Å²) >= 11 is 0. The fraction of sp³-hybridized carbons (Fsp3) is 0.341. The van der Waals surface area contributed by atoms with Gasteiger partial charge in [0.1, 0.15) is 17.5 Å². The van der Waals surface area contributed by atoms with Crippen molar-refractivity contribution in [3.63, 3.8) is 0 Å². The van der Waals surface area contributed by atoms with Crippen LogP contribution in [-0.2, 0) is 16.1 Å². The molecule has 0 bridgehead atoms. The molecule has 2 N–H and O–H groups in total. The Morgan fingerprint density at radius 1 is 0.811 bits per heavy atom. The molecule has 0 spiro atoms. The Morgan fingerprint density at radius 2 is 1.53 bits per heavy atom. The number of anilines is 1. The molecule has 3 amide bonds. The normalized spacial score (nSPS) is 18.1. The Kier molecular flexibility index (Phi) is 11.2. The van der Waals surface area contributed by atoms with Crippen molar-refractivity contribution in [1.82, 2.24) is 15.1 Å².